The first kappa shape index (κ1) is 13.4. The van der Waals surface area contributed by atoms with E-state index in [0.717, 1.165) is 6.07 Å². The molecule has 1 aromatic carbocycles. The van der Waals surface area contributed by atoms with E-state index < -0.39 is 30.3 Å². The second-order valence-corrected chi connectivity index (χ2v) is 3.56. The minimum Gasteiger partial charge on any atom is -0.480 e. The normalized spacial score (nSPS) is 11.9. The topological polar surface area (TPSA) is 86.6 Å². The number of carbonyl (C=O) groups excluding carboxylic acids is 1. The molecule has 17 heavy (non-hydrogen) atoms. The fourth-order valence-corrected chi connectivity index (χ4v) is 1.28. The highest BCUT2D eigenvalue weighted by Gasteiger charge is 2.21. The number of carbonyl (C=O) groups is 2. The van der Waals surface area contributed by atoms with Crippen molar-refractivity contribution in [3.8, 4) is 0 Å². The van der Waals surface area contributed by atoms with E-state index in [4.69, 9.17) is 21.8 Å². The first-order chi connectivity index (χ1) is 7.97. The number of hydrogen-bond acceptors (Lipinski definition) is 3. The summed E-state index contributed by atoms with van der Waals surface area (Å²) in [6, 6.07) is 2.29. The van der Waals surface area contributed by atoms with Crippen LogP contribution in [-0.2, 0) is 4.79 Å². The fourth-order valence-electron chi connectivity index (χ4n) is 1.10. The average molecular weight is 262 g/mol. The van der Waals surface area contributed by atoms with Gasteiger partial charge in [0.05, 0.1) is 17.2 Å². The van der Waals surface area contributed by atoms with E-state index in [1.807, 2.05) is 5.32 Å². The van der Waals surface area contributed by atoms with E-state index in [1.54, 1.807) is 0 Å². The van der Waals surface area contributed by atoms with Gasteiger partial charge in [-0.25, -0.2) is 9.18 Å². The summed E-state index contributed by atoms with van der Waals surface area (Å²) in [6.45, 7) is -0.788. The second kappa shape index (κ2) is 5.60. The molecule has 0 unspecified atom stereocenters. The molecule has 92 valence electrons. The lowest BCUT2D eigenvalue weighted by Gasteiger charge is -2.12. The molecule has 0 aliphatic heterocycles. The van der Waals surface area contributed by atoms with Crippen LogP contribution in [0.2, 0.25) is 5.02 Å². The molecule has 1 amide bonds. The third-order valence-corrected chi connectivity index (χ3v) is 2.27. The summed E-state index contributed by atoms with van der Waals surface area (Å²) >= 11 is 5.47. The number of rotatable bonds is 4. The quantitative estimate of drug-likeness (QED) is 0.743. The minimum absolute atomic E-state index is 0.242. The monoisotopic (exact) mass is 261 g/mol. The van der Waals surface area contributed by atoms with Crippen LogP contribution in [0.25, 0.3) is 0 Å². The van der Waals surface area contributed by atoms with Gasteiger partial charge in [0, 0.05) is 0 Å². The molecular weight excluding hydrogens is 253 g/mol. The Labute approximate surface area is 101 Å². The molecule has 0 spiro atoms. The number of benzene rings is 1. The number of carboxylic acids is 1. The van der Waals surface area contributed by atoms with Crippen LogP contribution in [0.5, 0.6) is 0 Å². The number of carboxylic acid groups (broad SMARTS) is 1. The third kappa shape index (κ3) is 3.15. The van der Waals surface area contributed by atoms with Crippen molar-refractivity contribution in [3.05, 3.63) is 34.6 Å². The van der Waals surface area contributed by atoms with E-state index in [9.17, 15) is 14.0 Å². The number of aliphatic hydroxyl groups excluding tert-OH is 1. The molecule has 0 aliphatic rings. The molecule has 1 atom stereocenters. The molecule has 0 radical (unpaired) electrons. The Morgan fingerprint density at radius 2 is 2.12 bits per heavy atom. The van der Waals surface area contributed by atoms with Crippen LogP contribution in [-0.4, -0.2) is 34.7 Å². The van der Waals surface area contributed by atoms with Gasteiger partial charge < -0.3 is 15.5 Å². The maximum absolute atomic E-state index is 13.4. The predicted octanol–water partition coefficient (Wildman–Crippen LogP) is 0.654. The molecule has 0 fully saturated rings. The van der Waals surface area contributed by atoms with Gasteiger partial charge in [-0.15, -0.1) is 0 Å². The van der Waals surface area contributed by atoms with Crippen LogP contribution in [0.4, 0.5) is 4.39 Å². The highest BCUT2D eigenvalue weighted by Crippen LogP contribution is 2.17. The number of hydrogen-bond donors (Lipinski definition) is 3. The van der Waals surface area contributed by atoms with Crippen molar-refractivity contribution in [2.75, 3.05) is 6.61 Å². The van der Waals surface area contributed by atoms with Crippen LogP contribution >= 0.6 is 11.6 Å². The number of halogens is 2. The standard InChI is InChI=1S/C10H9ClFNO4/c11-6-3-1-2-5(8(6)12)9(15)13-7(4-14)10(16)17/h1-3,7,14H,4H2,(H,13,15)(H,16,17)/t7-/m1/s1. The van der Waals surface area contributed by atoms with Crippen LogP contribution < -0.4 is 5.32 Å². The number of aliphatic carboxylic acids is 1. The summed E-state index contributed by atoms with van der Waals surface area (Å²) in [5.41, 5.74) is -0.378. The van der Waals surface area contributed by atoms with E-state index in [2.05, 4.69) is 0 Å². The Morgan fingerprint density at radius 1 is 1.47 bits per heavy atom. The first-order valence-electron chi connectivity index (χ1n) is 4.56. The third-order valence-electron chi connectivity index (χ3n) is 1.98. The van der Waals surface area contributed by atoms with Crippen molar-refractivity contribution in [1.82, 2.24) is 5.32 Å². The van der Waals surface area contributed by atoms with Crippen LogP contribution in [0, 0.1) is 5.82 Å². The Morgan fingerprint density at radius 3 is 2.65 bits per heavy atom. The van der Waals surface area contributed by atoms with Crippen LogP contribution in [0.3, 0.4) is 0 Å². The highest BCUT2D eigenvalue weighted by molar-refractivity contribution is 6.31. The summed E-state index contributed by atoms with van der Waals surface area (Å²) in [7, 11) is 0. The molecule has 0 aliphatic carbocycles. The maximum atomic E-state index is 13.4. The maximum Gasteiger partial charge on any atom is 0.328 e. The minimum atomic E-state index is -1.49. The Kier molecular flexibility index (Phi) is 4.42. The van der Waals surface area contributed by atoms with Gasteiger partial charge in [0.1, 0.15) is 0 Å². The van der Waals surface area contributed by atoms with Crippen molar-refractivity contribution in [3.63, 3.8) is 0 Å². The lowest BCUT2D eigenvalue weighted by atomic mass is 10.2. The summed E-state index contributed by atoms with van der Waals surface area (Å²) in [4.78, 5) is 22.1. The molecule has 3 N–H and O–H groups in total. The van der Waals surface area contributed by atoms with Gasteiger partial charge in [0.2, 0.25) is 0 Å². The van der Waals surface area contributed by atoms with Crippen molar-refractivity contribution in [2.24, 2.45) is 0 Å². The van der Waals surface area contributed by atoms with Gasteiger partial charge in [-0.3, -0.25) is 4.79 Å². The number of nitrogens with one attached hydrogen (secondary N) is 1. The smallest absolute Gasteiger partial charge is 0.328 e. The SMILES string of the molecule is O=C(N[C@H](CO)C(=O)O)c1cccc(Cl)c1F. The predicted molar refractivity (Wildman–Crippen MR) is 57.4 cm³/mol. The van der Waals surface area contributed by atoms with E-state index in [0.29, 0.717) is 0 Å². The average Bonchev–Trinajstić information content (AvgIpc) is 2.28. The van der Waals surface area contributed by atoms with Gasteiger partial charge in [-0.2, -0.15) is 0 Å². The molecule has 7 heteroatoms. The van der Waals surface area contributed by atoms with Crippen LogP contribution in [0.1, 0.15) is 10.4 Å². The molecule has 0 bridgehead atoms. The number of amides is 1. The van der Waals surface area contributed by atoms with Crippen molar-refractivity contribution in [2.45, 2.75) is 6.04 Å². The Balaban J connectivity index is 2.90. The summed E-state index contributed by atoms with van der Waals surface area (Å²) < 4.78 is 13.4. The van der Waals surface area contributed by atoms with Crippen molar-refractivity contribution in [1.29, 1.82) is 0 Å². The zero-order valence-electron chi connectivity index (χ0n) is 8.48. The second-order valence-electron chi connectivity index (χ2n) is 3.15. The zero-order chi connectivity index (χ0) is 13.0. The molecule has 0 aromatic heterocycles. The van der Waals surface area contributed by atoms with Crippen molar-refractivity contribution >= 4 is 23.5 Å². The van der Waals surface area contributed by atoms with Gasteiger partial charge in [0.25, 0.3) is 5.91 Å². The van der Waals surface area contributed by atoms with Gasteiger partial charge in [-0.1, -0.05) is 17.7 Å². The summed E-state index contributed by atoms with van der Waals surface area (Å²) in [5.74, 6) is -3.30. The molecule has 1 aromatic rings. The highest BCUT2D eigenvalue weighted by atomic mass is 35.5. The molecule has 5 nitrogen and oxygen atoms in total. The van der Waals surface area contributed by atoms with E-state index in [1.165, 1.54) is 12.1 Å². The first-order valence-corrected chi connectivity index (χ1v) is 4.93. The Bertz CT molecular complexity index is 452. The zero-order valence-corrected chi connectivity index (χ0v) is 9.24. The molecule has 1 rings (SSSR count). The Hall–Kier alpha value is -1.66. The molecule has 0 heterocycles. The van der Waals surface area contributed by atoms with Gasteiger partial charge in [0.15, 0.2) is 11.9 Å². The summed E-state index contributed by atoms with van der Waals surface area (Å²) in [6.07, 6.45) is 0. The largest absolute Gasteiger partial charge is 0.480 e. The lowest BCUT2D eigenvalue weighted by Crippen LogP contribution is -2.43. The lowest BCUT2D eigenvalue weighted by molar-refractivity contribution is -0.140. The molecule has 0 saturated carbocycles. The van der Waals surface area contributed by atoms with E-state index >= 15 is 0 Å². The van der Waals surface area contributed by atoms with Gasteiger partial charge >= 0.3 is 5.97 Å². The summed E-state index contributed by atoms with van der Waals surface area (Å²) in [5, 5.41) is 19.0. The number of aliphatic hydroxyl groups is 1. The van der Waals surface area contributed by atoms with E-state index in [-0.39, 0.29) is 10.6 Å². The van der Waals surface area contributed by atoms with Gasteiger partial charge in [-0.05, 0) is 12.1 Å². The molecule has 0 saturated heterocycles. The fraction of sp³-hybridized carbons (Fsp3) is 0.200. The van der Waals surface area contributed by atoms with Crippen molar-refractivity contribution < 1.29 is 24.2 Å². The van der Waals surface area contributed by atoms with Crippen LogP contribution in [0.15, 0.2) is 18.2 Å². The molecular formula is C10H9ClFNO4.